The Morgan fingerprint density at radius 1 is 1.00 bits per heavy atom. The van der Waals surface area contributed by atoms with Crippen LogP contribution in [0.3, 0.4) is 0 Å². The van der Waals surface area contributed by atoms with Crippen LogP contribution < -0.4 is 5.56 Å². The van der Waals surface area contributed by atoms with E-state index in [0.717, 1.165) is 29.7 Å². The number of benzene rings is 2. The number of aromatic nitrogens is 2. The summed E-state index contributed by atoms with van der Waals surface area (Å²) in [6.07, 6.45) is 2.29. The van der Waals surface area contributed by atoms with E-state index in [-0.39, 0.29) is 16.4 Å². The number of hydrogen-bond donors (Lipinski definition) is 0. The predicted octanol–water partition coefficient (Wildman–Crippen LogP) is 5.33. The van der Waals surface area contributed by atoms with Gasteiger partial charge in [-0.05, 0) is 54.4 Å². The van der Waals surface area contributed by atoms with Crippen LogP contribution in [0.15, 0.2) is 53.3 Å². The second-order valence-electron chi connectivity index (χ2n) is 9.47. The van der Waals surface area contributed by atoms with Gasteiger partial charge < -0.3 is 0 Å². The average Bonchev–Trinajstić information content (AvgIpc) is 3.13. The third-order valence-corrected chi connectivity index (χ3v) is 7.84. The molecule has 144 valence electrons. The van der Waals surface area contributed by atoms with E-state index in [1.54, 1.807) is 0 Å². The number of hydrogen-bond acceptors (Lipinski definition) is 1. The fraction of sp³-hybridized carbons (Fsp3) is 0.400. The quantitative estimate of drug-likeness (QED) is 0.597. The van der Waals surface area contributed by atoms with Gasteiger partial charge in [0.2, 0.25) is 0 Å². The molecule has 3 heteroatoms. The van der Waals surface area contributed by atoms with Gasteiger partial charge in [-0.1, -0.05) is 62.7 Å². The minimum absolute atomic E-state index is 0.0698. The number of fused-ring (bicyclic) bond motifs is 5. The van der Waals surface area contributed by atoms with Gasteiger partial charge in [0.15, 0.2) is 0 Å². The fourth-order valence-corrected chi connectivity index (χ4v) is 5.96. The number of nitrogens with zero attached hydrogens (tertiary/aromatic N) is 2. The zero-order chi connectivity index (χ0) is 19.8. The predicted molar refractivity (Wildman–Crippen MR) is 114 cm³/mol. The van der Waals surface area contributed by atoms with Gasteiger partial charge in [-0.15, -0.1) is 0 Å². The van der Waals surface area contributed by atoms with Crippen LogP contribution in [0.5, 0.6) is 0 Å². The number of aryl methyl sites for hydroxylation is 1. The van der Waals surface area contributed by atoms with E-state index in [1.807, 2.05) is 10.7 Å². The molecule has 28 heavy (non-hydrogen) atoms. The van der Waals surface area contributed by atoms with Crippen LogP contribution in [0.1, 0.15) is 56.4 Å². The maximum absolute atomic E-state index is 13.5. The first-order valence-electron chi connectivity index (χ1n) is 10.3. The fourth-order valence-electron chi connectivity index (χ4n) is 5.96. The van der Waals surface area contributed by atoms with Crippen LogP contribution in [0, 0.1) is 12.3 Å². The highest BCUT2D eigenvalue weighted by atomic mass is 16.1. The van der Waals surface area contributed by atoms with Crippen molar-refractivity contribution in [3.8, 4) is 16.8 Å². The molecule has 0 spiro atoms. The van der Waals surface area contributed by atoms with Crippen molar-refractivity contribution in [2.75, 3.05) is 0 Å². The summed E-state index contributed by atoms with van der Waals surface area (Å²) in [5.41, 5.74) is 7.21. The summed E-state index contributed by atoms with van der Waals surface area (Å²) in [4.78, 5) is 13.5. The molecule has 0 amide bonds. The van der Waals surface area contributed by atoms with E-state index in [2.05, 4.69) is 81.9 Å². The van der Waals surface area contributed by atoms with E-state index in [9.17, 15) is 4.79 Å². The van der Waals surface area contributed by atoms with Gasteiger partial charge in [-0.2, -0.15) is 0 Å². The molecule has 0 aliphatic heterocycles. The zero-order valence-corrected chi connectivity index (χ0v) is 17.4. The first kappa shape index (κ1) is 17.5. The van der Waals surface area contributed by atoms with Crippen LogP contribution in [0.4, 0.5) is 0 Å². The molecular weight excluding hydrogens is 344 g/mol. The Balaban J connectivity index is 1.69. The van der Waals surface area contributed by atoms with Gasteiger partial charge in [0.1, 0.15) is 0 Å². The lowest BCUT2D eigenvalue weighted by Crippen LogP contribution is -2.35. The minimum atomic E-state index is 0.0698. The van der Waals surface area contributed by atoms with Gasteiger partial charge in [0.05, 0.1) is 11.4 Å². The maximum Gasteiger partial charge on any atom is 0.275 e. The Morgan fingerprint density at radius 2 is 1.68 bits per heavy atom. The normalized spacial score (nSPS) is 24.5. The lowest BCUT2D eigenvalue weighted by molar-refractivity contribution is 0.218. The van der Waals surface area contributed by atoms with Crippen molar-refractivity contribution < 1.29 is 0 Å². The smallest absolute Gasteiger partial charge is 0.275 e. The third kappa shape index (κ3) is 2.02. The van der Waals surface area contributed by atoms with E-state index in [4.69, 9.17) is 0 Å². The molecule has 2 aliphatic carbocycles. The van der Waals surface area contributed by atoms with Crippen LogP contribution >= 0.6 is 0 Å². The van der Waals surface area contributed by atoms with Crippen molar-refractivity contribution in [3.05, 3.63) is 75.7 Å². The Kier molecular flexibility index (Phi) is 3.44. The second kappa shape index (κ2) is 5.50. The molecule has 1 fully saturated rings. The molecule has 3 aromatic rings. The Labute approximate surface area is 166 Å². The van der Waals surface area contributed by atoms with Crippen molar-refractivity contribution in [3.63, 3.8) is 0 Å². The highest BCUT2D eigenvalue weighted by Crippen LogP contribution is 2.66. The van der Waals surface area contributed by atoms with Crippen molar-refractivity contribution >= 4 is 0 Å². The van der Waals surface area contributed by atoms with Crippen molar-refractivity contribution in [2.45, 2.75) is 51.9 Å². The maximum atomic E-state index is 13.5. The molecule has 1 heterocycles. The zero-order valence-electron chi connectivity index (χ0n) is 17.4. The van der Waals surface area contributed by atoms with Gasteiger partial charge >= 0.3 is 0 Å². The first-order chi connectivity index (χ1) is 13.3. The molecule has 0 unspecified atom stereocenters. The van der Waals surface area contributed by atoms with Gasteiger partial charge in [-0.3, -0.25) is 9.48 Å². The SMILES string of the molecule is Cc1cccc(-c2cccc(-n3c(=O)c4c(n3C)[C@]3(C)CC[C@H]4C3(C)C)c2)c1. The summed E-state index contributed by atoms with van der Waals surface area (Å²) in [7, 11) is 2.06. The largest absolute Gasteiger partial charge is 0.284 e. The van der Waals surface area contributed by atoms with Crippen LogP contribution in [-0.4, -0.2) is 9.36 Å². The highest BCUT2D eigenvalue weighted by Gasteiger charge is 2.62. The topological polar surface area (TPSA) is 26.9 Å². The van der Waals surface area contributed by atoms with E-state index >= 15 is 0 Å². The summed E-state index contributed by atoms with van der Waals surface area (Å²) in [5, 5.41) is 0. The van der Waals surface area contributed by atoms with Crippen molar-refractivity contribution in [1.29, 1.82) is 0 Å². The summed E-state index contributed by atoms with van der Waals surface area (Å²) < 4.78 is 4.02. The molecular formula is C25H28N2O. The standard InChI is InChI=1S/C25H28N2O/c1-16-8-6-9-17(14-16)18-10-7-11-19(15-18)27-23(28)21-20-12-13-25(4,24(20,2)3)22(21)26(27)5/h6-11,14-15,20H,12-13H2,1-5H3/t20-,25+/m1/s1. The molecule has 0 N–H and O–H groups in total. The van der Waals surface area contributed by atoms with E-state index in [0.29, 0.717) is 5.92 Å². The van der Waals surface area contributed by atoms with Crippen molar-refractivity contribution in [2.24, 2.45) is 12.5 Å². The molecule has 1 aromatic heterocycles. The minimum Gasteiger partial charge on any atom is -0.284 e. The number of rotatable bonds is 2. The van der Waals surface area contributed by atoms with Crippen LogP contribution in [-0.2, 0) is 12.5 Å². The highest BCUT2D eigenvalue weighted by molar-refractivity contribution is 5.66. The summed E-state index contributed by atoms with van der Waals surface area (Å²) in [5.74, 6) is 0.368. The third-order valence-electron chi connectivity index (χ3n) is 7.84. The second-order valence-corrected chi connectivity index (χ2v) is 9.47. The summed E-state index contributed by atoms with van der Waals surface area (Å²) >= 11 is 0. The molecule has 3 nitrogen and oxygen atoms in total. The van der Waals surface area contributed by atoms with Gasteiger partial charge in [0.25, 0.3) is 5.56 Å². The molecule has 0 saturated heterocycles. The van der Waals surface area contributed by atoms with E-state index < -0.39 is 0 Å². The Hall–Kier alpha value is -2.55. The Bertz CT molecular complexity index is 1160. The van der Waals surface area contributed by atoms with E-state index in [1.165, 1.54) is 16.8 Å². The average molecular weight is 373 g/mol. The summed E-state index contributed by atoms with van der Waals surface area (Å²) in [6.45, 7) is 9.14. The molecule has 2 bridgehead atoms. The van der Waals surface area contributed by atoms with Crippen LogP contribution in [0.25, 0.3) is 16.8 Å². The lowest BCUT2D eigenvalue weighted by atomic mass is 9.70. The monoisotopic (exact) mass is 372 g/mol. The summed E-state index contributed by atoms with van der Waals surface area (Å²) in [6, 6.07) is 16.9. The van der Waals surface area contributed by atoms with Crippen molar-refractivity contribution in [1.82, 2.24) is 9.36 Å². The lowest BCUT2D eigenvalue weighted by Gasteiger charge is -2.36. The first-order valence-corrected chi connectivity index (χ1v) is 10.3. The molecule has 1 saturated carbocycles. The van der Waals surface area contributed by atoms with Gasteiger partial charge in [0, 0.05) is 18.0 Å². The molecule has 2 aliphatic rings. The molecule has 2 aromatic carbocycles. The van der Waals surface area contributed by atoms with Crippen LogP contribution in [0.2, 0.25) is 0 Å². The molecule has 0 radical (unpaired) electrons. The molecule has 2 atom stereocenters. The Morgan fingerprint density at radius 3 is 2.36 bits per heavy atom. The van der Waals surface area contributed by atoms with Gasteiger partial charge in [-0.25, -0.2) is 4.68 Å². The molecule has 5 rings (SSSR count).